The number of benzene rings is 2. The van der Waals surface area contributed by atoms with Crippen molar-refractivity contribution in [1.82, 2.24) is 14.3 Å². The van der Waals surface area contributed by atoms with Crippen molar-refractivity contribution >= 4 is 44.8 Å². The number of ether oxygens (including phenoxy) is 1. The molecule has 2 N–H and O–H groups in total. The number of hydrogen-bond donors (Lipinski definition) is 2. The van der Waals surface area contributed by atoms with Crippen LogP contribution in [0.15, 0.2) is 53.6 Å². The van der Waals surface area contributed by atoms with Crippen molar-refractivity contribution in [2.45, 2.75) is 11.8 Å². The number of anilines is 4. The Bertz CT molecular complexity index is 1170. The lowest BCUT2D eigenvalue weighted by Crippen LogP contribution is -2.23. The minimum absolute atomic E-state index is 0.111. The van der Waals surface area contributed by atoms with Gasteiger partial charge >= 0.3 is 0 Å². The van der Waals surface area contributed by atoms with Gasteiger partial charge in [-0.2, -0.15) is 4.98 Å². The summed E-state index contributed by atoms with van der Waals surface area (Å²) < 4.78 is 31.8. The monoisotopic (exact) mass is 447 g/mol. The van der Waals surface area contributed by atoms with Crippen LogP contribution in [0.2, 0.25) is 5.02 Å². The summed E-state index contributed by atoms with van der Waals surface area (Å²) in [5.74, 6) is 1.18. The molecule has 30 heavy (non-hydrogen) atoms. The number of hydrogen-bond acceptors (Lipinski definition) is 7. The Morgan fingerprint density at radius 3 is 2.50 bits per heavy atom. The summed E-state index contributed by atoms with van der Waals surface area (Å²) in [6, 6.07) is 12.2. The molecule has 0 spiro atoms. The van der Waals surface area contributed by atoms with Crippen LogP contribution in [0.1, 0.15) is 5.56 Å². The second-order valence-electron chi connectivity index (χ2n) is 6.63. The Kier molecular flexibility index (Phi) is 6.45. The summed E-state index contributed by atoms with van der Waals surface area (Å²) >= 11 is 6.26. The van der Waals surface area contributed by atoms with E-state index >= 15 is 0 Å². The number of aromatic nitrogens is 2. The van der Waals surface area contributed by atoms with Crippen molar-refractivity contribution in [3.05, 3.63) is 59.2 Å². The van der Waals surface area contributed by atoms with Crippen LogP contribution in [-0.4, -0.2) is 43.9 Å². The van der Waals surface area contributed by atoms with E-state index in [0.29, 0.717) is 17.1 Å². The van der Waals surface area contributed by atoms with Gasteiger partial charge in [0.1, 0.15) is 15.7 Å². The molecule has 10 heteroatoms. The average molecular weight is 448 g/mol. The van der Waals surface area contributed by atoms with Crippen LogP contribution < -0.4 is 15.4 Å². The Hall–Kier alpha value is -2.88. The summed E-state index contributed by atoms with van der Waals surface area (Å²) in [7, 11) is 0.863. The summed E-state index contributed by atoms with van der Waals surface area (Å²) in [5, 5.41) is 6.36. The van der Waals surface area contributed by atoms with Gasteiger partial charge in [-0.3, -0.25) is 0 Å². The smallest absolute Gasteiger partial charge is 0.244 e. The summed E-state index contributed by atoms with van der Waals surface area (Å²) in [4.78, 5) is 8.72. The van der Waals surface area contributed by atoms with Crippen LogP contribution in [0.5, 0.6) is 5.75 Å². The van der Waals surface area contributed by atoms with Crippen LogP contribution in [-0.2, 0) is 10.0 Å². The van der Waals surface area contributed by atoms with Crippen molar-refractivity contribution < 1.29 is 13.2 Å². The van der Waals surface area contributed by atoms with Crippen molar-refractivity contribution in [2.75, 3.05) is 31.8 Å². The largest absolute Gasteiger partial charge is 0.495 e. The molecule has 0 fully saturated rings. The Balaban J connectivity index is 1.96. The maximum Gasteiger partial charge on any atom is 0.244 e. The highest BCUT2D eigenvalue weighted by Crippen LogP contribution is 2.31. The number of nitrogens with one attached hydrogen (secondary N) is 2. The quantitative estimate of drug-likeness (QED) is 0.560. The molecule has 0 radical (unpaired) electrons. The second-order valence-corrected chi connectivity index (χ2v) is 9.15. The molecular formula is C20H22ClN5O3S. The van der Waals surface area contributed by atoms with Gasteiger partial charge in [-0.05, 0) is 36.8 Å². The van der Waals surface area contributed by atoms with E-state index in [2.05, 4.69) is 20.6 Å². The molecule has 1 heterocycles. The molecule has 0 amide bonds. The number of para-hydroxylation sites is 1. The highest BCUT2D eigenvalue weighted by molar-refractivity contribution is 7.89. The molecule has 3 aromatic rings. The molecule has 0 atom stereocenters. The number of methoxy groups -OCH3 is 1. The van der Waals surface area contributed by atoms with Crippen LogP contribution >= 0.6 is 11.6 Å². The van der Waals surface area contributed by atoms with E-state index in [9.17, 15) is 8.42 Å². The zero-order valence-electron chi connectivity index (χ0n) is 17.0. The highest BCUT2D eigenvalue weighted by atomic mass is 35.5. The van der Waals surface area contributed by atoms with E-state index in [1.807, 2.05) is 25.1 Å². The summed E-state index contributed by atoms with van der Waals surface area (Å²) in [6.07, 6.45) is 1.44. The Morgan fingerprint density at radius 1 is 1.07 bits per heavy atom. The molecule has 0 saturated carbocycles. The van der Waals surface area contributed by atoms with Gasteiger partial charge in [0.25, 0.3) is 0 Å². The normalized spacial score (nSPS) is 11.4. The average Bonchev–Trinajstić information content (AvgIpc) is 2.71. The van der Waals surface area contributed by atoms with E-state index in [0.717, 1.165) is 9.87 Å². The van der Waals surface area contributed by atoms with Gasteiger partial charge in [-0.25, -0.2) is 17.7 Å². The molecule has 1 aromatic heterocycles. The fourth-order valence-electron chi connectivity index (χ4n) is 2.67. The lowest BCUT2D eigenvalue weighted by atomic mass is 10.2. The highest BCUT2D eigenvalue weighted by Gasteiger charge is 2.21. The number of nitrogens with zero attached hydrogens (tertiary/aromatic N) is 3. The summed E-state index contributed by atoms with van der Waals surface area (Å²) in [6.45, 7) is 1.96. The standard InChI is InChI=1S/C20H22ClN5O3S/c1-13-9-10-17(29-4)16(11-13)24-20-22-12-14(21)19(25-20)23-15-7-5-6-8-18(15)30(27,28)26(2)3/h5-12H,1-4H3,(H2,22,23,24,25). The van der Waals surface area contributed by atoms with Gasteiger partial charge in [0.2, 0.25) is 16.0 Å². The lowest BCUT2D eigenvalue weighted by Gasteiger charge is -2.17. The predicted molar refractivity (Wildman–Crippen MR) is 119 cm³/mol. The van der Waals surface area contributed by atoms with Crippen molar-refractivity contribution in [3.8, 4) is 5.75 Å². The molecule has 2 aromatic carbocycles. The molecule has 0 unspecified atom stereocenters. The van der Waals surface area contributed by atoms with Gasteiger partial charge in [-0.15, -0.1) is 0 Å². The molecule has 0 aliphatic heterocycles. The third-order valence-corrected chi connectivity index (χ3v) is 6.39. The molecule has 0 bridgehead atoms. The third-order valence-electron chi connectivity index (χ3n) is 4.24. The number of rotatable bonds is 7. The second kappa shape index (κ2) is 8.86. The predicted octanol–water partition coefficient (Wildman–Crippen LogP) is 4.18. The molecular weight excluding hydrogens is 426 g/mol. The third kappa shape index (κ3) is 4.64. The number of halogens is 1. The van der Waals surface area contributed by atoms with Crippen molar-refractivity contribution in [1.29, 1.82) is 0 Å². The first-order chi connectivity index (χ1) is 14.2. The first-order valence-corrected chi connectivity index (χ1v) is 10.8. The fraction of sp³-hybridized carbons (Fsp3) is 0.200. The SMILES string of the molecule is COc1ccc(C)cc1Nc1ncc(Cl)c(Nc2ccccc2S(=O)(=O)N(C)C)n1. The van der Waals surface area contributed by atoms with Gasteiger partial charge < -0.3 is 15.4 Å². The maximum absolute atomic E-state index is 12.6. The molecule has 0 aliphatic rings. The Labute approximate surface area is 180 Å². The van der Waals surface area contributed by atoms with E-state index in [1.165, 1.54) is 26.4 Å². The molecule has 0 aliphatic carbocycles. The maximum atomic E-state index is 12.6. The van der Waals surface area contributed by atoms with Crippen molar-refractivity contribution in [2.24, 2.45) is 0 Å². The fourth-order valence-corrected chi connectivity index (χ4v) is 3.85. The van der Waals surface area contributed by atoms with Crippen molar-refractivity contribution in [3.63, 3.8) is 0 Å². The van der Waals surface area contributed by atoms with E-state index < -0.39 is 10.0 Å². The zero-order chi connectivity index (χ0) is 21.9. The zero-order valence-corrected chi connectivity index (χ0v) is 18.5. The van der Waals surface area contributed by atoms with E-state index in [-0.39, 0.29) is 21.7 Å². The molecule has 0 saturated heterocycles. The van der Waals surface area contributed by atoms with Crippen LogP contribution in [0.3, 0.4) is 0 Å². The molecule has 8 nitrogen and oxygen atoms in total. The lowest BCUT2D eigenvalue weighted by molar-refractivity contribution is 0.416. The van der Waals surface area contributed by atoms with Gasteiger partial charge in [0, 0.05) is 14.1 Å². The molecule has 158 valence electrons. The van der Waals surface area contributed by atoms with E-state index in [1.54, 1.807) is 25.3 Å². The Morgan fingerprint density at radius 2 is 1.80 bits per heavy atom. The molecule has 3 rings (SSSR count). The number of sulfonamides is 1. The number of aryl methyl sites for hydroxylation is 1. The minimum Gasteiger partial charge on any atom is -0.495 e. The van der Waals surface area contributed by atoms with Crippen LogP contribution in [0.4, 0.5) is 23.1 Å². The van der Waals surface area contributed by atoms with Gasteiger partial charge in [0.05, 0.1) is 24.7 Å². The summed E-state index contributed by atoms with van der Waals surface area (Å²) in [5.41, 5.74) is 2.08. The first-order valence-electron chi connectivity index (χ1n) is 8.95. The first kappa shape index (κ1) is 21.8. The van der Waals surface area contributed by atoms with Crippen LogP contribution in [0, 0.1) is 6.92 Å². The van der Waals surface area contributed by atoms with Crippen LogP contribution in [0.25, 0.3) is 0 Å². The van der Waals surface area contributed by atoms with Gasteiger partial charge in [-0.1, -0.05) is 29.8 Å². The topological polar surface area (TPSA) is 96.4 Å². The van der Waals surface area contributed by atoms with E-state index in [4.69, 9.17) is 16.3 Å². The van der Waals surface area contributed by atoms with Gasteiger partial charge in [0.15, 0.2) is 5.82 Å². The minimum atomic E-state index is -3.66.